The van der Waals surface area contributed by atoms with Crippen molar-refractivity contribution < 1.29 is 14.6 Å². The molecule has 0 atom stereocenters. The van der Waals surface area contributed by atoms with E-state index in [0.29, 0.717) is 17.3 Å². The van der Waals surface area contributed by atoms with E-state index in [2.05, 4.69) is 9.97 Å². The van der Waals surface area contributed by atoms with Crippen molar-refractivity contribution in [1.29, 1.82) is 0 Å². The van der Waals surface area contributed by atoms with Crippen molar-refractivity contribution in [3.8, 4) is 11.6 Å². The van der Waals surface area contributed by atoms with Gasteiger partial charge in [-0.1, -0.05) is 12.1 Å². The second-order valence-electron chi connectivity index (χ2n) is 4.22. The Kier molecular flexibility index (Phi) is 3.75. The van der Waals surface area contributed by atoms with Crippen LogP contribution < -0.4 is 4.74 Å². The Hall–Kier alpha value is -2.43. The first-order chi connectivity index (χ1) is 9.06. The molecule has 0 unspecified atom stereocenters. The van der Waals surface area contributed by atoms with Gasteiger partial charge in [-0.2, -0.15) is 0 Å². The first kappa shape index (κ1) is 13.0. The summed E-state index contributed by atoms with van der Waals surface area (Å²) in [5.74, 6) is 0.122. The molecule has 5 nitrogen and oxygen atoms in total. The second kappa shape index (κ2) is 5.48. The summed E-state index contributed by atoms with van der Waals surface area (Å²) < 4.78 is 5.67. The Morgan fingerprint density at radius 1 is 1.32 bits per heavy atom. The molecule has 0 fully saturated rings. The average molecular weight is 258 g/mol. The maximum Gasteiger partial charge on any atom is 0.309 e. The number of carboxylic acid groups (broad SMARTS) is 1. The number of benzene rings is 1. The van der Waals surface area contributed by atoms with Gasteiger partial charge in [0, 0.05) is 6.07 Å². The minimum absolute atomic E-state index is 0.147. The molecule has 0 aliphatic heterocycles. The zero-order valence-electron chi connectivity index (χ0n) is 10.8. The summed E-state index contributed by atoms with van der Waals surface area (Å²) in [6, 6.07) is 7.28. The maximum atomic E-state index is 10.6. The summed E-state index contributed by atoms with van der Waals surface area (Å²) in [5.41, 5.74) is 2.57. The number of aryl methyl sites for hydroxylation is 1. The lowest BCUT2D eigenvalue weighted by Gasteiger charge is -2.09. The highest BCUT2D eigenvalue weighted by molar-refractivity contribution is 5.69. The fraction of sp³-hybridized carbons (Fsp3) is 0.214. The third-order valence-electron chi connectivity index (χ3n) is 2.80. The Morgan fingerprint density at radius 2 is 2.11 bits per heavy atom. The molecule has 0 saturated carbocycles. The van der Waals surface area contributed by atoms with Crippen LogP contribution in [0.3, 0.4) is 0 Å². The van der Waals surface area contributed by atoms with E-state index < -0.39 is 5.97 Å². The molecule has 2 aromatic rings. The van der Waals surface area contributed by atoms with Crippen LogP contribution in [-0.2, 0) is 11.2 Å². The van der Waals surface area contributed by atoms with Crippen molar-refractivity contribution in [3.63, 3.8) is 0 Å². The topological polar surface area (TPSA) is 72.3 Å². The van der Waals surface area contributed by atoms with Crippen molar-refractivity contribution in [1.82, 2.24) is 9.97 Å². The molecule has 0 radical (unpaired) electrons. The predicted octanol–water partition coefficient (Wildman–Crippen LogP) is 2.51. The number of carbonyl (C=O) groups is 1. The van der Waals surface area contributed by atoms with Crippen LogP contribution in [0, 0.1) is 13.8 Å². The van der Waals surface area contributed by atoms with Crippen molar-refractivity contribution in [2.24, 2.45) is 0 Å². The number of rotatable bonds is 4. The largest absolute Gasteiger partial charge is 0.481 e. The monoisotopic (exact) mass is 258 g/mol. The fourth-order valence-electron chi connectivity index (χ4n) is 1.63. The van der Waals surface area contributed by atoms with Crippen molar-refractivity contribution in [2.75, 3.05) is 0 Å². The fourth-order valence-corrected chi connectivity index (χ4v) is 1.63. The van der Waals surface area contributed by atoms with Crippen LogP contribution >= 0.6 is 0 Å². The van der Waals surface area contributed by atoms with Crippen LogP contribution in [0.2, 0.25) is 0 Å². The number of carboxylic acids is 1. The van der Waals surface area contributed by atoms with Gasteiger partial charge in [0.25, 0.3) is 0 Å². The summed E-state index contributed by atoms with van der Waals surface area (Å²) in [6.45, 7) is 3.96. The summed E-state index contributed by atoms with van der Waals surface area (Å²) >= 11 is 0. The van der Waals surface area contributed by atoms with Gasteiger partial charge in [-0.25, -0.2) is 9.97 Å². The molecule has 1 aromatic heterocycles. The van der Waals surface area contributed by atoms with Crippen LogP contribution in [0.4, 0.5) is 0 Å². The normalized spacial score (nSPS) is 10.2. The van der Waals surface area contributed by atoms with Crippen molar-refractivity contribution in [2.45, 2.75) is 20.3 Å². The summed E-state index contributed by atoms with van der Waals surface area (Å²) in [4.78, 5) is 18.5. The molecule has 2 rings (SSSR count). The molecule has 0 bridgehead atoms. The lowest BCUT2D eigenvalue weighted by molar-refractivity contribution is -0.136. The SMILES string of the molecule is Cc1cccc(Oc2cc(CC(=O)O)ncn2)c1C. The highest BCUT2D eigenvalue weighted by atomic mass is 16.5. The number of aromatic nitrogens is 2. The maximum absolute atomic E-state index is 10.6. The molecular formula is C14H14N2O3. The third kappa shape index (κ3) is 3.28. The van der Waals surface area contributed by atoms with E-state index in [1.807, 2.05) is 32.0 Å². The summed E-state index contributed by atoms with van der Waals surface area (Å²) in [7, 11) is 0. The van der Waals surface area contributed by atoms with E-state index >= 15 is 0 Å². The lowest BCUT2D eigenvalue weighted by atomic mass is 10.1. The minimum Gasteiger partial charge on any atom is -0.481 e. The highest BCUT2D eigenvalue weighted by Gasteiger charge is 2.07. The van der Waals surface area contributed by atoms with Gasteiger partial charge in [0.2, 0.25) is 5.88 Å². The minimum atomic E-state index is -0.934. The van der Waals surface area contributed by atoms with E-state index in [0.717, 1.165) is 11.1 Å². The molecule has 0 aliphatic carbocycles. The molecular weight excluding hydrogens is 244 g/mol. The van der Waals surface area contributed by atoms with Crippen LogP contribution in [-0.4, -0.2) is 21.0 Å². The molecule has 19 heavy (non-hydrogen) atoms. The van der Waals surface area contributed by atoms with E-state index in [9.17, 15) is 4.79 Å². The van der Waals surface area contributed by atoms with Crippen LogP contribution in [0.25, 0.3) is 0 Å². The van der Waals surface area contributed by atoms with Gasteiger partial charge in [-0.3, -0.25) is 4.79 Å². The van der Waals surface area contributed by atoms with Gasteiger partial charge in [0.15, 0.2) is 0 Å². The Morgan fingerprint density at radius 3 is 2.84 bits per heavy atom. The van der Waals surface area contributed by atoms with Crippen LogP contribution in [0.15, 0.2) is 30.6 Å². The van der Waals surface area contributed by atoms with Gasteiger partial charge in [-0.05, 0) is 31.0 Å². The van der Waals surface area contributed by atoms with Crippen LogP contribution in [0.1, 0.15) is 16.8 Å². The number of aliphatic carboxylic acids is 1. The Bertz CT molecular complexity index is 611. The molecule has 98 valence electrons. The Labute approximate surface area is 110 Å². The van der Waals surface area contributed by atoms with E-state index in [1.54, 1.807) is 0 Å². The third-order valence-corrected chi connectivity index (χ3v) is 2.80. The number of nitrogens with zero attached hydrogens (tertiary/aromatic N) is 2. The summed E-state index contributed by atoms with van der Waals surface area (Å²) in [5, 5.41) is 8.73. The number of ether oxygens (including phenoxy) is 1. The molecule has 5 heteroatoms. The molecule has 0 aliphatic rings. The quantitative estimate of drug-likeness (QED) is 0.912. The smallest absolute Gasteiger partial charge is 0.309 e. The zero-order chi connectivity index (χ0) is 13.8. The molecule has 0 saturated heterocycles. The lowest BCUT2D eigenvalue weighted by Crippen LogP contribution is -2.03. The van der Waals surface area contributed by atoms with E-state index in [-0.39, 0.29) is 6.42 Å². The zero-order valence-corrected chi connectivity index (χ0v) is 10.8. The van der Waals surface area contributed by atoms with Gasteiger partial charge >= 0.3 is 5.97 Å². The van der Waals surface area contributed by atoms with Gasteiger partial charge in [0.05, 0.1) is 12.1 Å². The van der Waals surface area contributed by atoms with Crippen molar-refractivity contribution >= 4 is 5.97 Å². The highest BCUT2D eigenvalue weighted by Crippen LogP contribution is 2.25. The molecule has 0 amide bonds. The number of hydrogen-bond donors (Lipinski definition) is 1. The summed E-state index contributed by atoms with van der Waals surface area (Å²) in [6.07, 6.45) is 1.16. The van der Waals surface area contributed by atoms with Gasteiger partial charge < -0.3 is 9.84 Å². The first-order valence-electron chi connectivity index (χ1n) is 5.83. The van der Waals surface area contributed by atoms with Crippen LogP contribution in [0.5, 0.6) is 11.6 Å². The molecule has 1 heterocycles. The second-order valence-corrected chi connectivity index (χ2v) is 4.22. The molecule has 1 aromatic carbocycles. The van der Waals surface area contributed by atoms with E-state index in [4.69, 9.17) is 9.84 Å². The van der Waals surface area contributed by atoms with Gasteiger partial charge in [0.1, 0.15) is 12.1 Å². The van der Waals surface area contributed by atoms with E-state index in [1.165, 1.54) is 12.4 Å². The molecule has 0 spiro atoms. The Balaban J connectivity index is 2.23. The number of hydrogen-bond acceptors (Lipinski definition) is 4. The van der Waals surface area contributed by atoms with Gasteiger partial charge in [-0.15, -0.1) is 0 Å². The predicted molar refractivity (Wildman–Crippen MR) is 69.4 cm³/mol. The standard InChI is InChI=1S/C14H14N2O3/c1-9-4-3-5-12(10(9)2)19-13-6-11(7-14(17)18)15-8-16-13/h3-6,8H,7H2,1-2H3,(H,17,18). The van der Waals surface area contributed by atoms with Crippen molar-refractivity contribution in [3.05, 3.63) is 47.4 Å². The average Bonchev–Trinajstić information content (AvgIpc) is 2.35. The molecule has 1 N–H and O–H groups in total. The first-order valence-corrected chi connectivity index (χ1v) is 5.83.